The fraction of sp³-hybridized carbons (Fsp3) is 0.400. The smallest absolute Gasteiger partial charge is 0.262 e. The number of carbonyl (C=O) groups excluding carboxylic acids is 1. The highest BCUT2D eigenvalue weighted by Gasteiger charge is 2.27. The molecule has 10 nitrogen and oxygen atoms in total. The van der Waals surface area contributed by atoms with Crippen LogP contribution < -0.4 is 31.4 Å². The van der Waals surface area contributed by atoms with Crippen LogP contribution in [0.2, 0.25) is 0 Å². The van der Waals surface area contributed by atoms with Gasteiger partial charge in [-0.1, -0.05) is 6.07 Å². The predicted octanol–water partition coefficient (Wildman–Crippen LogP) is 1.40. The van der Waals surface area contributed by atoms with E-state index in [1.807, 2.05) is 18.2 Å². The van der Waals surface area contributed by atoms with Gasteiger partial charge in [-0.05, 0) is 36.6 Å². The van der Waals surface area contributed by atoms with Gasteiger partial charge in [0.2, 0.25) is 0 Å². The maximum absolute atomic E-state index is 12.6. The molecule has 3 atom stereocenters. The molecule has 0 unspecified atom stereocenters. The normalized spacial score (nSPS) is 20.6. The van der Waals surface area contributed by atoms with E-state index in [9.17, 15) is 9.59 Å². The lowest BCUT2D eigenvalue weighted by Gasteiger charge is -2.33. The van der Waals surface area contributed by atoms with Crippen LogP contribution in [0.25, 0.3) is 11.0 Å². The molecule has 0 aliphatic carbocycles. The Morgan fingerprint density at radius 3 is 2.94 bits per heavy atom. The van der Waals surface area contributed by atoms with Crippen LogP contribution in [0.15, 0.2) is 47.4 Å². The number of nitrogens with zero attached hydrogens (tertiary/aromatic N) is 2. The molecule has 0 spiro atoms. The second-order valence-corrected chi connectivity index (χ2v) is 8.92. The molecule has 1 fully saturated rings. The van der Waals surface area contributed by atoms with Gasteiger partial charge in [0.05, 0.1) is 42.7 Å². The minimum Gasteiger partial charge on any atom is -0.495 e. The molecular weight excluding hydrogens is 450 g/mol. The average Bonchev–Trinajstić information content (AvgIpc) is 2.88. The molecule has 4 N–H and O–H groups in total. The van der Waals surface area contributed by atoms with Crippen molar-refractivity contribution in [3.05, 3.63) is 58.5 Å². The molecule has 35 heavy (non-hydrogen) atoms. The van der Waals surface area contributed by atoms with E-state index < -0.39 is 0 Å². The highest BCUT2D eigenvalue weighted by atomic mass is 16.5. The summed E-state index contributed by atoms with van der Waals surface area (Å²) in [4.78, 5) is 28.5. The molecule has 1 aromatic carbocycles. The number of fused-ring (bicyclic) bond motifs is 2. The highest BCUT2D eigenvalue weighted by Crippen LogP contribution is 2.28. The first-order chi connectivity index (χ1) is 17.0. The summed E-state index contributed by atoms with van der Waals surface area (Å²) in [6.45, 7) is 1.56. The Kier molecular flexibility index (Phi) is 6.67. The number of pyridine rings is 2. The van der Waals surface area contributed by atoms with Crippen LogP contribution in [0, 0.1) is 0 Å². The summed E-state index contributed by atoms with van der Waals surface area (Å²) in [5.74, 6) is 1.12. The van der Waals surface area contributed by atoms with E-state index in [0.717, 1.165) is 18.4 Å². The van der Waals surface area contributed by atoms with Crippen LogP contribution in [0.3, 0.4) is 0 Å². The Labute approximate surface area is 202 Å². The largest absolute Gasteiger partial charge is 0.495 e. The molecule has 2 aromatic heterocycles. The highest BCUT2D eigenvalue weighted by molar-refractivity contribution is 5.95. The van der Waals surface area contributed by atoms with Crippen molar-refractivity contribution in [2.24, 2.45) is 5.73 Å². The Balaban J connectivity index is 1.17. The second kappa shape index (κ2) is 10.0. The van der Waals surface area contributed by atoms with Gasteiger partial charge >= 0.3 is 0 Å². The number of ether oxygens (including phenoxy) is 3. The van der Waals surface area contributed by atoms with Crippen LogP contribution in [0.1, 0.15) is 18.4 Å². The molecule has 0 saturated carbocycles. The number of nitrogens with one attached hydrogen (secondary N) is 2. The van der Waals surface area contributed by atoms with E-state index in [4.69, 9.17) is 19.9 Å². The summed E-state index contributed by atoms with van der Waals surface area (Å²) in [5, 5.41) is 6.35. The lowest BCUT2D eigenvalue weighted by molar-refractivity contribution is -0.118. The molecule has 5 rings (SSSR count). The van der Waals surface area contributed by atoms with Crippen molar-refractivity contribution in [2.75, 3.05) is 25.6 Å². The monoisotopic (exact) mass is 479 g/mol. The van der Waals surface area contributed by atoms with E-state index in [-0.39, 0.29) is 36.3 Å². The number of rotatable bonds is 7. The Morgan fingerprint density at radius 1 is 1.26 bits per heavy atom. The topological polar surface area (TPSA) is 130 Å². The third-order valence-corrected chi connectivity index (χ3v) is 6.50. The minimum absolute atomic E-state index is 0.0491. The van der Waals surface area contributed by atoms with Crippen molar-refractivity contribution >= 4 is 22.6 Å². The molecular formula is C25H29N5O5. The minimum atomic E-state index is -0.338. The number of aromatic nitrogens is 2. The van der Waals surface area contributed by atoms with Gasteiger partial charge in [-0.25, -0.2) is 0 Å². The van der Waals surface area contributed by atoms with Gasteiger partial charge in [-0.15, -0.1) is 0 Å². The molecule has 0 bridgehead atoms. The molecule has 1 amide bonds. The zero-order chi connectivity index (χ0) is 24.4. The number of benzene rings is 1. The molecule has 184 valence electrons. The van der Waals surface area contributed by atoms with Crippen molar-refractivity contribution in [1.29, 1.82) is 0 Å². The summed E-state index contributed by atoms with van der Waals surface area (Å²) in [6.07, 6.45) is 3.17. The van der Waals surface area contributed by atoms with Gasteiger partial charge in [-0.2, -0.15) is 0 Å². The lowest BCUT2D eigenvalue weighted by atomic mass is 9.99. The fourth-order valence-electron chi connectivity index (χ4n) is 4.55. The molecule has 2 aliphatic heterocycles. The summed E-state index contributed by atoms with van der Waals surface area (Å²) < 4.78 is 18.4. The average molecular weight is 480 g/mol. The molecule has 2 aliphatic rings. The zero-order valence-electron chi connectivity index (χ0n) is 19.5. The van der Waals surface area contributed by atoms with Crippen molar-refractivity contribution < 1.29 is 19.0 Å². The fourth-order valence-corrected chi connectivity index (χ4v) is 4.55. The summed E-state index contributed by atoms with van der Waals surface area (Å²) in [7, 11) is 1.57. The first-order valence-corrected chi connectivity index (χ1v) is 11.7. The number of hydrogen-bond acceptors (Lipinski definition) is 8. The van der Waals surface area contributed by atoms with Crippen LogP contribution in [0.4, 0.5) is 5.69 Å². The van der Waals surface area contributed by atoms with Crippen LogP contribution >= 0.6 is 0 Å². The number of methoxy groups -OCH3 is 1. The van der Waals surface area contributed by atoms with Gasteiger partial charge in [0.15, 0.2) is 6.61 Å². The van der Waals surface area contributed by atoms with Gasteiger partial charge in [0.1, 0.15) is 11.5 Å². The van der Waals surface area contributed by atoms with Gasteiger partial charge in [0.25, 0.3) is 11.5 Å². The number of carbonyl (C=O) groups is 1. The van der Waals surface area contributed by atoms with Crippen LogP contribution in [0.5, 0.6) is 11.5 Å². The molecule has 1 saturated heterocycles. The SMILES string of the molecule is COc1cnc2ccc(=O)n(C[C@H](N)[C@@H]3CC[C@@H](NCc4ccc5c(c4)NC(=O)CO5)CO3)c2c1. The van der Waals surface area contributed by atoms with Gasteiger partial charge in [-0.3, -0.25) is 14.6 Å². The van der Waals surface area contributed by atoms with Gasteiger partial charge in [0, 0.05) is 37.3 Å². The van der Waals surface area contributed by atoms with E-state index in [2.05, 4.69) is 15.6 Å². The van der Waals surface area contributed by atoms with Crippen molar-refractivity contribution in [1.82, 2.24) is 14.9 Å². The van der Waals surface area contributed by atoms with E-state index in [1.54, 1.807) is 30.0 Å². The number of anilines is 1. The summed E-state index contributed by atoms with van der Waals surface area (Å²) in [6, 6.07) is 10.6. The van der Waals surface area contributed by atoms with Gasteiger partial charge < -0.3 is 35.1 Å². The van der Waals surface area contributed by atoms with E-state index in [1.165, 1.54) is 6.07 Å². The standard InChI is InChI=1S/C25H29N5O5/c1-33-17-9-21-19(28-11-17)4-7-25(32)30(21)12-18(26)22-6-3-16(13-34-22)27-10-15-2-5-23-20(8-15)29-24(31)14-35-23/h2,4-5,7-9,11,16,18,22,27H,3,6,10,12-14,26H2,1H3,(H,29,31)/t16-,18+,22+/m1/s1. The zero-order valence-corrected chi connectivity index (χ0v) is 19.5. The van der Waals surface area contributed by atoms with Crippen LogP contribution in [-0.2, 0) is 22.6 Å². The molecule has 3 aromatic rings. The van der Waals surface area contributed by atoms with E-state index >= 15 is 0 Å². The maximum Gasteiger partial charge on any atom is 0.262 e. The van der Waals surface area contributed by atoms with Crippen LogP contribution in [-0.4, -0.2) is 54.0 Å². The Hall–Kier alpha value is -3.47. The maximum atomic E-state index is 12.6. The third-order valence-electron chi connectivity index (χ3n) is 6.50. The quantitative estimate of drug-likeness (QED) is 0.464. The molecule has 0 radical (unpaired) electrons. The van der Waals surface area contributed by atoms with Crippen molar-refractivity contribution in [3.8, 4) is 11.5 Å². The lowest BCUT2D eigenvalue weighted by Crippen LogP contribution is -2.48. The number of nitrogens with two attached hydrogens (primary N) is 1. The Bertz CT molecular complexity index is 1280. The number of amides is 1. The molecule has 4 heterocycles. The number of hydrogen-bond donors (Lipinski definition) is 3. The second-order valence-electron chi connectivity index (χ2n) is 8.92. The van der Waals surface area contributed by atoms with Crippen molar-refractivity contribution in [2.45, 2.75) is 44.1 Å². The third kappa shape index (κ3) is 5.14. The first-order valence-electron chi connectivity index (χ1n) is 11.7. The first kappa shape index (κ1) is 23.3. The summed E-state index contributed by atoms with van der Waals surface area (Å²) in [5.41, 5.74) is 9.50. The summed E-state index contributed by atoms with van der Waals surface area (Å²) >= 11 is 0. The Morgan fingerprint density at radius 2 is 2.14 bits per heavy atom. The van der Waals surface area contributed by atoms with E-state index in [0.29, 0.717) is 47.9 Å². The predicted molar refractivity (Wildman–Crippen MR) is 131 cm³/mol. The molecule has 10 heteroatoms. The van der Waals surface area contributed by atoms with Crippen molar-refractivity contribution in [3.63, 3.8) is 0 Å².